The number of nitrogens with zero attached hydrogens (tertiary/aromatic N) is 1. The van der Waals surface area contributed by atoms with Crippen LogP contribution in [0, 0.1) is 6.10 Å². The van der Waals surface area contributed by atoms with Crippen molar-refractivity contribution in [3.05, 3.63) is 17.2 Å². The second kappa shape index (κ2) is 2.33. The van der Waals surface area contributed by atoms with Crippen LogP contribution in [0.2, 0.25) is 0 Å². The predicted octanol–water partition coefficient (Wildman–Crippen LogP) is 0.998. The zero-order valence-electron chi connectivity index (χ0n) is 4.96. The van der Waals surface area contributed by atoms with Crippen LogP contribution in [0.5, 0.6) is 0 Å². The molecular formula is C5H7N2OS. The molecule has 0 spiro atoms. The Morgan fingerprint density at radius 2 is 2.56 bits per heavy atom. The summed E-state index contributed by atoms with van der Waals surface area (Å²) in [7, 11) is 0. The van der Waals surface area contributed by atoms with Crippen LogP contribution in [0.3, 0.4) is 0 Å². The van der Waals surface area contributed by atoms with E-state index in [9.17, 15) is 0 Å². The summed E-state index contributed by atoms with van der Waals surface area (Å²) in [6.07, 6.45) is 0.211. The predicted molar refractivity (Wildman–Crippen MR) is 36.5 cm³/mol. The maximum atomic E-state index is 8.84. The van der Waals surface area contributed by atoms with Gasteiger partial charge in [-0.05, 0) is 6.92 Å². The topological polar surface area (TPSA) is 59.1 Å². The van der Waals surface area contributed by atoms with E-state index in [0.717, 1.165) is 0 Å². The SMILES string of the molecule is C[C](O)c1csc(N)n1. The first-order valence-electron chi connectivity index (χ1n) is 2.44. The highest BCUT2D eigenvalue weighted by molar-refractivity contribution is 7.13. The average molecular weight is 143 g/mol. The molecule has 0 aliphatic heterocycles. The zero-order valence-corrected chi connectivity index (χ0v) is 5.77. The smallest absolute Gasteiger partial charge is 0.180 e. The fourth-order valence-electron chi connectivity index (χ4n) is 0.454. The highest BCUT2D eigenvalue weighted by Crippen LogP contribution is 2.16. The first-order chi connectivity index (χ1) is 4.20. The second-order valence-electron chi connectivity index (χ2n) is 1.66. The van der Waals surface area contributed by atoms with Crippen molar-refractivity contribution >= 4 is 16.5 Å². The minimum Gasteiger partial charge on any atom is -0.380 e. The monoisotopic (exact) mass is 143 g/mol. The summed E-state index contributed by atoms with van der Waals surface area (Å²) in [6, 6.07) is 0. The van der Waals surface area contributed by atoms with Gasteiger partial charge in [0.15, 0.2) is 5.13 Å². The molecule has 3 nitrogen and oxygen atoms in total. The van der Waals surface area contributed by atoms with Crippen LogP contribution < -0.4 is 5.73 Å². The molecule has 0 unspecified atom stereocenters. The van der Waals surface area contributed by atoms with Crippen LogP contribution >= 0.6 is 11.3 Å². The van der Waals surface area contributed by atoms with Crippen molar-refractivity contribution in [2.45, 2.75) is 6.92 Å². The molecule has 9 heavy (non-hydrogen) atoms. The minimum absolute atomic E-state index is 0.211. The van der Waals surface area contributed by atoms with Crippen molar-refractivity contribution in [2.75, 3.05) is 5.73 Å². The number of aliphatic hydroxyl groups is 1. The molecule has 0 aliphatic rings. The quantitative estimate of drug-likeness (QED) is 0.616. The lowest BCUT2D eigenvalue weighted by molar-refractivity contribution is 0.337. The third-order valence-corrected chi connectivity index (χ3v) is 1.57. The summed E-state index contributed by atoms with van der Waals surface area (Å²) in [5, 5.41) is 11.0. The Morgan fingerprint density at radius 3 is 2.78 bits per heavy atom. The van der Waals surface area contributed by atoms with Gasteiger partial charge in [0.25, 0.3) is 0 Å². The lowest BCUT2D eigenvalue weighted by atomic mass is 10.3. The molecule has 0 atom stereocenters. The maximum Gasteiger partial charge on any atom is 0.180 e. The summed E-state index contributed by atoms with van der Waals surface area (Å²) in [6.45, 7) is 1.58. The van der Waals surface area contributed by atoms with E-state index in [0.29, 0.717) is 10.8 Å². The largest absolute Gasteiger partial charge is 0.380 e. The molecule has 1 aromatic rings. The van der Waals surface area contributed by atoms with Crippen LogP contribution in [0.25, 0.3) is 0 Å². The molecular weight excluding hydrogens is 136 g/mol. The Hall–Kier alpha value is -0.610. The van der Waals surface area contributed by atoms with Gasteiger partial charge in [0, 0.05) is 5.38 Å². The van der Waals surface area contributed by atoms with Gasteiger partial charge in [-0.3, -0.25) is 0 Å². The molecule has 1 rings (SSSR count). The van der Waals surface area contributed by atoms with Crippen molar-refractivity contribution in [1.29, 1.82) is 0 Å². The lowest BCUT2D eigenvalue weighted by Gasteiger charge is -1.92. The van der Waals surface area contributed by atoms with E-state index in [1.807, 2.05) is 0 Å². The summed E-state index contributed by atoms with van der Waals surface area (Å²) >= 11 is 1.32. The molecule has 0 fully saturated rings. The van der Waals surface area contributed by atoms with E-state index in [-0.39, 0.29) is 6.10 Å². The molecule has 1 heterocycles. The summed E-state index contributed by atoms with van der Waals surface area (Å²) in [4.78, 5) is 3.82. The Balaban J connectivity index is 2.85. The van der Waals surface area contributed by atoms with E-state index < -0.39 is 0 Å². The molecule has 0 amide bonds. The standard InChI is InChI=1S/C5H7N2OS/c1-3(8)4-2-9-5(6)7-4/h2,8H,1H3,(H2,6,7). The van der Waals surface area contributed by atoms with E-state index in [1.165, 1.54) is 11.3 Å². The first kappa shape index (κ1) is 6.51. The molecule has 4 heteroatoms. The van der Waals surface area contributed by atoms with E-state index >= 15 is 0 Å². The van der Waals surface area contributed by atoms with Crippen LogP contribution in [-0.4, -0.2) is 10.1 Å². The molecule has 0 saturated carbocycles. The number of anilines is 1. The molecule has 1 aromatic heterocycles. The molecule has 1 radical (unpaired) electrons. The van der Waals surface area contributed by atoms with Gasteiger partial charge in [0.05, 0.1) is 5.69 Å². The van der Waals surface area contributed by atoms with Crippen molar-refractivity contribution in [2.24, 2.45) is 0 Å². The summed E-state index contributed by atoms with van der Waals surface area (Å²) < 4.78 is 0. The average Bonchev–Trinajstić information content (AvgIpc) is 2.14. The van der Waals surface area contributed by atoms with Crippen molar-refractivity contribution in [1.82, 2.24) is 4.98 Å². The number of nitrogens with two attached hydrogens (primary N) is 1. The molecule has 0 bridgehead atoms. The number of hydrogen-bond acceptors (Lipinski definition) is 4. The molecule has 49 valence electrons. The Labute approximate surface area is 57.2 Å². The van der Waals surface area contributed by atoms with Crippen LogP contribution in [0.1, 0.15) is 12.6 Å². The first-order valence-corrected chi connectivity index (χ1v) is 3.32. The highest BCUT2D eigenvalue weighted by Gasteiger charge is 2.04. The van der Waals surface area contributed by atoms with Gasteiger partial charge >= 0.3 is 0 Å². The third-order valence-electron chi connectivity index (χ3n) is 0.893. The molecule has 3 N–H and O–H groups in total. The number of nitrogen functional groups attached to an aromatic ring is 1. The Bertz CT molecular complexity index is 197. The second-order valence-corrected chi connectivity index (χ2v) is 2.55. The lowest BCUT2D eigenvalue weighted by Crippen LogP contribution is -1.92. The van der Waals surface area contributed by atoms with E-state index in [4.69, 9.17) is 10.8 Å². The van der Waals surface area contributed by atoms with Gasteiger partial charge in [-0.2, -0.15) is 0 Å². The number of aromatic nitrogens is 1. The van der Waals surface area contributed by atoms with Gasteiger partial charge in [-0.15, -0.1) is 11.3 Å². The number of thiazole rings is 1. The summed E-state index contributed by atoms with van der Waals surface area (Å²) in [5.41, 5.74) is 5.87. The fraction of sp³-hybridized carbons (Fsp3) is 0.200. The maximum absolute atomic E-state index is 8.84. The highest BCUT2D eigenvalue weighted by atomic mass is 32.1. The van der Waals surface area contributed by atoms with Gasteiger partial charge in [0.1, 0.15) is 6.10 Å². The number of rotatable bonds is 1. The molecule has 0 aliphatic carbocycles. The van der Waals surface area contributed by atoms with Crippen LogP contribution in [-0.2, 0) is 0 Å². The van der Waals surface area contributed by atoms with Crippen LogP contribution in [0.4, 0.5) is 5.13 Å². The van der Waals surface area contributed by atoms with Gasteiger partial charge < -0.3 is 10.8 Å². The zero-order chi connectivity index (χ0) is 6.85. The van der Waals surface area contributed by atoms with Gasteiger partial charge in [-0.1, -0.05) is 0 Å². The fourth-order valence-corrected chi connectivity index (χ4v) is 1.06. The van der Waals surface area contributed by atoms with Crippen LogP contribution in [0.15, 0.2) is 5.38 Å². The number of hydrogen-bond donors (Lipinski definition) is 2. The molecule has 0 saturated heterocycles. The van der Waals surface area contributed by atoms with Crippen molar-refractivity contribution < 1.29 is 5.11 Å². The van der Waals surface area contributed by atoms with Gasteiger partial charge in [0.2, 0.25) is 0 Å². The normalized spacial score (nSPS) is 10.6. The summed E-state index contributed by atoms with van der Waals surface area (Å²) in [5.74, 6) is 0. The van der Waals surface area contributed by atoms with Gasteiger partial charge in [-0.25, -0.2) is 4.98 Å². The third kappa shape index (κ3) is 1.40. The molecule has 0 aromatic carbocycles. The van der Waals surface area contributed by atoms with Crippen molar-refractivity contribution in [3.63, 3.8) is 0 Å². The Morgan fingerprint density at radius 1 is 1.89 bits per heavy atom. The Kier molecular flexibility index (Phi) is 1.68. The van der Waals surface area contributed by atoms with E-state index in [1.54, 1.807) is 12.3 Å². The van der Waals surface area contributed by atoms with Crippen molar-refractivity contribution in [3.8, 4) is 0 Å². The van der Waals surface area contributed by atoms with E-state index in [2.05, 4.69) is 4.98 Å². The minimum atomic E-state index is 0.211. The number of aliphatic hydroxyl groups excluding tert-OH is 1.